The molecular formula is C30H34FN7O2. The molecule has 0 bridgehead atoms. The maximum atomic E-state index is 13.7. The van der Waals surface area contributed by atoms with Gasteiger partial charge in [0.2, 0.25) is 5.95 Å². The molecule has 4 aromatic rings. The Morgan fingerprint density at radius 2 is 1.68 bits per heavy atom. The lowest BCUT2D eigenvalue weighted by molar-refractivity contribution is 0.0523. The van der Waals surface area contributed by atoms with Gasteiger partial charge in [-0.05, 0) is 69.5 Å². The molecule has 40 heavy (non-hydrogen) atoms. The van der Waals surface area contributed by atoms with Gasteiger partial charge in [0.15, 0.2) is 5.82 Å². The van der Waals surface area contributed by atoms with Crippen molar-refractivity contribution in [1.29, 1.82) is 0 Å². The molecule has 0 spiro atoms. The van der Waals surface area contributed by atoms with Crippen LogP contribution in [0.1, 0.15) is 38.8 Å². The molecule has 4 rings (SSSR count). The number of carbonyl (C=O) groups is 1. The van der Waals surface area contributed by atoms with E-state index in [2.05, 4.69) is 43.6 Å². The van der Waals surface area contributed by atoms with Crippen molar-refractivity contribution >= 4 is 23.7 Å². The fourth-order valence-corrected chi connectivity index (χ4v) is 4.01. The van der Waals surface area contributed by atoms with Crippen LogP contribution in [0, 0.1) is 5.82 Å². The van der Waals surface area contributed by atoms with Crippen LogP contribution in [-0.4, -0.2) is 44.7 Å². The molecule has 0 radical (unpaired) electrons. The van der Waals surface area contributed by atoms with Gasteiger partial charge >= 0.3 is 6.09 Å². The quantitative estimate of drug-likeness (QED) is 0.269. The Labute approximate surface area is 233 Å². The zero-order valence-corrected chi connectivity index (χ0v) is 23.4. The molecule has 1 unspecified atom stereocenters. The van der Waals surface area contributed by atoms with Crippen molar-refractivity contribution in [2.75, 3.05) is 17.3 Å². The number of carbonyl (C=O) groups excluding carboxylic acids is 1. The molecule has 2 heterocycles. The molecule has 0 saturated carbocycles. The first-order valence-electron chi connectivity index (χ1n) is 13.0. The number of benzene rings is 2. The van der Waals surface area contributed by atoms with E-state index < -0.39 is 11.7 Å². The summed E-state index contributed by atoms with van der Waals surface area (Å²) in [6, 6.07) is 17.8. The van der Waals surface area contributed by atoms with Crippen LogP contribution in [0.4, 0.5) is 26.8 Å². The van der Waals surface area contributed by atoms with E-state index in [9.17, 15) is 9.18 Å². The van der Waals surface area contributed by atoms with Gasteiger partial charge in [0.05, 0.1) is 0 Å². The van der Waals surface area contributed by atoms with Crippen LogP contribution in [0.15, 0.2) is 73.1 Å². The smallest absolute Gasteiger partial charge is 0.407 e. The summed E-state index contributed by atoms with van der Waals surface area (Å²) in [7, 11) is 1.85. The highest BCUT2D eigenvalue weighted by atomic mass is 19.1. The molecule has 1 atom stereocenters. The molecule has 10 heteroatoms. The maximum absolute atomic E-state index is 13.7. The zero-order valence-electron chi connectivity index (χ0n) is 23.4. The zero-order chi connectivity index (χ0) is 28.7. The summed E-state index contributed by atoms with van der Waals surface area (Å²) >= 11 is 0. The summed E-state index contributed by atoms with van der Waals surface area (Å²) in [5, 5.41) is 6.16. The Hall–Kier alpha value is -4.60. The number of amides is 1. The molecule has 2 N–H and O–H groups in total. The number of ether oxygens (including phenoxy) is 1. The summed E-state index contributed by atoms with van der Waals surface area (Å²) in [6.45, 7) is 7.94. The Morgan fingerprint density at radius 1 is 0.975 bits per heavy atom. The van der Waals surface area contributed by atoms with Gasteiger partial charge in [-0.3, -0.25) is 0 Å². The third-order valence-electron chi connectivity index (χ3n) is 5.80. The van der Waals surface area contributed by atoms with E-state index in [-0.39, 0.29) is 11.9 Å². The fraction of sp³-hybridized carbons (Fsp3) is 0.300. The van der Waals surface area contributed by atoms with Crippen molar-refractivity contribution in [3.63, 3.8) is 0 Å². The van der Waals surface area contributed by atoms with Crippen LogP contribution in [0.5, 0.6) is 0 Å². The first-order chi connectivity index (χ1) is 19.1. The van der Waals surface area contributed by atoms with Crippen molar-refractivity contribution < 1.29 is 13.9 Å². The van der Waals surface area contributed by atoms with E-state index in [0.717, 1.165) is 17.5 Å². The molecular weight excluding hydrogens is 509 g/mol. The van der Waals surface area contributed by atoms with Crippen LogP contribution in [0.2, 0.25) is 0 Å². The third-order valence-corrected chi connectivity index (χ3v) is 5.80. The van der Waals surface area contributed by atoms with Gasteiger partial charge < -0.3 is 20.3 Å². The number of aromatic nitrogens is 4. The second-order valence-electron chi connectivity index (χ2n) is 10.5. The number of hydrogen-bond donors (Lipinski definition) is 2. The topological polar surface area (TPSA) is 105 Å². The van der Waals surface area contributed by atoms with Crippen molar-refractivity contribution in [2.24, 2.45) is 0 Å². The lowest BCUT2D eigenvalue weighted by Gasteiger charge is -2.20. The highest BCUT2D eigenvalue weighted by Crippen LogP contribution is 2.23. The molecule has 0 aliphatic heterocycles. The van der Waals surface area contributed by atoms with Crippen molar-refractivity contribution in [2.45, 2.75) is 52.3 Å². The summed E-state index contributed by atoms with van der Waals surface area (Å²) in [5.41, 5.74) is 2.15. The van der Waals surface area contributed by atoms with Crippen molar-refractivity contribution in [3.05, 3.63) is 90.0 Å². The highest BCUT2D eigenvalue weighted by molar-refractivity contribution is 5.67. The average molecular weight is 544 g/mol. The first-order valence-corrected chi connectivity index (χ1v) is 13.0. The predicted octanol–water partition coefficient (Wildman–Crippen LogP) is 5.91. The average Bonchev–Trinajstić information content (AvgIpc) is 2.91. The van der Waals surface area contributed by atoms with Crippen LogP contribution in [0.3, 0.4) is 0 Å². The van der Waals surface area contributed by atoms with Crippen LogP contribution in [0.25, 0.3) is 11.4 Å². The van der Waals surface area contributed by atoms with Crippen LogP contribution >= 0.6 is 0 Å². The third kappa shape index (κ3) is 8.20. The second-order valence-corrected chi connectivity index (χ2v) is 10.5. The fourth-order valence-electron chi connectivity index (χ4n) is 4.01. The largest absolute Gasteiger partial charge is 0.444 e. The SMILES string of the molecule is CC(Cc1cccc(CNC(=O)OC(C)(C)C)c1)Nc1nccc(N(C)c2ccnc(-c3cccc(F)c3)n2)n1. The summed E-state index contributed by atoms with van der Waals surface area (Å²) in [6.07, 6.45) is 3.61. The van der Waals surface area contributed by atoms with Crippen LogP contribution in [-0.2, 0) is 17.7 Å². The number of hydrogen-bond acceptors (Lipinski definition) is 8. The number of nitrogens with one attached hydrogen (secondary N) is 2. The lowest BCUT2D eigenvalue weighted by Crippen LogP contribution is -2.32. The van der Waals surface area contributed by atoms with Gasteiger partial charge in [-0.15, -0.1) is 0 Å². The van der Waals surface area contributed by atoms with Gasteiger partial charge in [0.1, 0.15) is 23.1 Å². The van der Waals surface area contributed by atoms with Gasteiger partial charge in [-0.25, -0.2) is 24.1 Å². The normalized spacial score (nSPS) is 11.9. The van der Waals surface area contributed by atoms with Crippen molar-refractivity contribution in [1.82, 2.24) is 25.3 Å². The number of rotatable bonds is 9. The molecule has 9 nitrogen and oxygen atoms in total. The molecule has 208 valence electrons. The Morgan fingerprint density at radius 3 is 2.42 bits per heavy atom. The molecule has 0 fully saturated rings. The Balaban J connectivity index is 1.38. The van der Waals surface area contributed by atoms with Gasteiger partial charge in [0.25, 0.3) is 0 Å². The number of halogens is 1. The Kier molecular flexibility index (Phi) is 8.88. The molecule has 2 aromatic carbocycles. The van der Waals surface area contributed by atoms with Gasteiger partial charge in [-0.2, -0.15) is 4.98 Å². The molecule has 0 aliphatic carbocycles. The summed E-state index contributed by atoms with van der Waals surface area (Å²) < 4.78 is 19.0. The number of anilines is 3. The summed E-state index contributed by atoms with van der Waals surface area (Å²) in [5.74, 6) is 1.82. The lowest BCUT2D eigenvalue weighted by atomic mass is 10.0. The second kappa shape index (κ2) is 12.5. The maximum Gasteiger partial charge on any atom is 0.407 e. The van der Waals surface area contributed by atoms with Gasteiger partial charge in [-0.1, -0.05) is 36.4 Å². The monoisotopic (exact) mass is 543 g/mol. The van der Waals surface area contributed by atoms with E-state index >= 15 is 0 Å². The van der Waals surface area contributed by atoms with E-state index in [1.807, 2.05) is 50.9 Å². The molecule has 2 aromatic heterocycles. The standard InChI is InChI=1S/C30H34FN7O2/c1-20(16-21-8-6-9-22(17-21)19-34-29(39)40-30(2,3)4)35-28-33-15-13-26(37-28)38(5)25-12-14-32-27(36-25)23-10-7-11-24(31)18-23/h6-15,17-18,20H,16,19H2,1-5H3,(H,34,39)(H,33,35,37). The predicted molar refractivity (Wildman–Crippen MR) is 154 cm³/mol. The minimum Gasteiger partial charge on any atom is -0.444 e. The molecule has 0 saturated heterocycles. The molecule has 1 amide bonds. The number of alkyl carbamates (subject to hydrolysis) is 1. The Bertz CT molecular complexity index is 1460. The minimum absolute atomic E-state index is 0.0354. The molecule has 0 aliphatic rings. The highest BCUT2D eigenvalue weighted by Gasteiger charge is 2.16. The van der Waals surface area contributed by atoms with Crippen molar-refractivity contribution in [3.8, 4) is 11.4 Å². The van der Waals surface area contributed by atoms with Gasteiger partial charge in [0, 0.05) is 37.6 Å². The van der Waals surface area contributed by atoms with E-state index in [0.29, 0.717) is 35.5 Å². The summed E-state index contributed by atoms with van der Waals surface area (Å²) in [4.78, 5) is 31.7. The van der Waals surface area contributed by atoms with E-state index in [1.54, 1.807) is 36.7 Å². The van der Waals surface area contributed by atoms with E-state index in [4.69, 9.17) is 4.74 Å². The minimum atomic E-state index is -0.540. The van der Waals surface area contributed by atoms with E-state index in [1.165, 1.54) is 12.1 Å². The van der Waals surface area contributed by atoms with Crippen LogP contribution < -0.4 is 15.5 Å². The first kappa shape index (κ1) is 28.4. The number of nitrogens with zero attached hydrogens (tertiary/aromatic N) is 5.